The fraction of sp³-hybridized carbons (Fsp3) is 0.421. The van der Waals surface area contributed by atoms with Crippen molar-refractivity contribution in [2.24, 2.45) is 0 Å². The fourth-order valence-electron chi connectivity index (χ4n) is 3.56. The van der Waals surface area contributed by atoms with E-state index in [1.807, 2.05) is 0 Å². The second kappa shape index (κ2) is 8.04. The summed E-state index contributed by atoms with van der Waals surface area (Å²) in [5.41, 5.74) is 1.50. The van der Waals surface area contributed by atoms with Crippen LogP contribution in [0.25, 0.3) is 0 Å². The van der Waals surface area contributed by atoms with Gasteiger partial charge in [-0.25, -0.2) is 8.42 Å². The number of nitrogens with zero attached hydrogens (tertiary/aromatic N) is 2. The molecule has 1 aromatic heterocycles. The van der Waals surface area contributed by atoms with Crippen LogP contribution in [0, 0.1) is 0 Å². The Labute approximate surface area is 164 Å². The minimum atomic E-state index is -3.33. The highest BCUT2D eigenvalue weighted by Crippen LogP contribution is 2.35. The van der Waals surface area contributed by atoms with Crippen molar-refractivity contribution in [2.75, 3.05) is 26.5 Å². The number of hydrogen-bond donors (Lipinski definition) is 1. The Morgan fingerprint density at radius 1 is 1.41 bits per heavy atom. The number of halogens is 1. The van der Waals surface area contributed by atoms with Gasteiger partial charge in [-0.05, 0) is 43.1 Å². The van der Waals surface area contributed by atoms with Gasteiger partial charge in [0.25, 0.3) is 0 Å². The van der Waals surface area contributed by atoms with Crippen molar-refractivity contribution >= 4 is 21.4 Å². The number of rotatable bonds is 5. The van der Waals surface area contributed by atoms with Gasteiger partial charge in [-0.1, -0.05) is 11.6 Å². The molecule has 2 heterocycles. The molecular weight excluding hydrogens is 388 g/mol. The maximum absolute atomic E-state index is 12.1. The van der Waals surface area contributed by atoms with Crippen molar-refractivity contribution in [3.63, 3.8) is 0 Å². The first-order chi connectivity index (χ1) is 12.8. The summed E-state index contributed by atoms with van der Waals surface area (Å²) in [5, 5.41) is 10.3. The van der Waals surface area contributed by atoms with E-state index < -0.39 is 9.84 Å². The molecule has 1 fully saturated rings. The van der Waals surface area contributed by atoms with Crippen molar-refractivity contribution in [2.45, 2.75) is 30.2 Å². The lowest BCUT2D eigenvalue weighted by molar-refractivity contribution is 0.197. The number of benzene rings is 1. The quantitative estimate of drug-likeness (QED) is 0.815. The van der Waals surface area contributed by atoms with Gasteiger partial charge in [-0.3, -0.25) is 9.88 Å². The SMILES string of the molecule is COc1cc(CN2CCCC(c3ncccc3S(C)(=O)=O)C2)c(Cl)cc1O. The molecule has 27 heavy (non-hydrogen) atoms. The normalized spacial score (nSPS) is 18.4. The third-order valence-corrected chi connectivity index (χ3v) is 6.33. The van der Waals surface area contributed by atoms with Crippen LogP contribution in [0.5, 0.6) is 11.5 Å². The summed E-state index contributed by atoms with van der Waals surface area (Å²) in [5.74, 6) is 0.434. The molecule has 0 radical (unpaired) electrons. The molecule has 1 N–H and O–H groups in total. The molecule has 1 atom stereocenters. The molecule has 2 aromatic rings. The van der Waals surface area contributed by atoms with Gasteiger partial charge in [0.05, 0.1) is 17.7 Å². The molecule has 3 rings (SSSR count). The van der Waals surface area contributed by atoms with Crippen molar-refractivity contribution in [3.05, 3.63) is 46.7 Å². The molecule has 146 valence electrons. The van der Waals surface area contributed by atoms with Crippen LogP contribution in [-0.2, 0) is 16.4 Å². The smallest absolute Gasteiger partial charge is 0.177 e. The molecule has 0 aliphatic carbocycles. The van der Waals surface area contributed by atoms with Crippen LogP contribution in [0.3, 0.4) is 0 Å². The predicted molar refractivity (Wildman–Crippen MR) is 104 cm³/mol. The van der Waals surface area contributed by atoms with Crippen LogP contribution in [0.1, 0.15) is 30.0 Å². The van der Waals surface area contributed by atoms with Gasteiger partial charge in [-0.2, -0.15) is 0 Å². The minimum Gasteiger partial charge on any atom is -0.504 e. The Balaban J connectivity index is 1.82. The molecule has 6 nitrogen and oxygen atoms in total. The Morgan fingerprint density at radius 3 is 2.89 bits per heavy atom. The van der Waals surface area contributed by atoms with Crippen molar-refractivity contribution < 1.29 is 18.3 Å². The Morgan fingerprint density at radius 2 is 2.19 bits per heavy atom. The highest BCUT2D eigenvalue weighted by molar-refractivity contribution is 7.90. The molecule has 0 amide bonds. The number of likely N-dealkylation sites (tertiary alicyclic amines) is 1. The number of pyridine rings is 1. The predicted octanol–water partition coefficient (Wildman–Crippen LogP) is 3.23. The van der Waals surface area contributed by atoms with Gasteiger partial charge in [0, 0.05) is 42.5 Å². The van der Waals surface area contributed by atoms with Crippen LogP contribution in [0.15, 0.2) is 35.4 Å². The summed E-state index contributed by atoms with van der Waals surface area (Å²) >= 11 is 6.28. The molecule has 0 saturated carbocycles. The van der Waals surface area contributed by atoms with Crippen LogP contribution in [0.4, 0.5) is 0 Å². The van der Waals surface area contributed by atoms with Gasteiger partial charge in [0.1, 0.15) is 0 Å². The zero-order valence-electron chi connectivity index (χ0n) is 15.4. The number of aromatic nitrogens is 1. The number of phenolic OH excluding ortho intramolecular Hbond substituents is 1. The maximum Gasteiger partial charge on any atom is 0.177 e. The summed E-state index contributed by atoms with van der Waals surface area (Å²) in [6.45, 7) is 2.17. The van der Waals surface area contributed by atoms with Crippen molar-refractivity contribution in [1.29, 1.82) is 0 Å². The fourth-order valence-corrected chi connectivity index (χ4v) is 4.70. The molecule has 1 aliphatic heterocycles. The molecule has 1 unspecified atom stereocenters. The Bertz CT molecular complexity index is 933. The second-order valence-corrected chi connectivity index (χ2v) is 9.24. The third-order valence-electron chi connectivity index (χ3n) is 4.83. The molecule has 1 aliphatic rings. The Hall–Kier alpha value is -1.83. The van der Waals surface area contributed by atoms with Crippen LogP contribution in [-0.4, -0.2) is 49.9 Å². The van der Waals surface area contributed by atoms with Crippen molar-refractivity contribution in [1.82, 2.24) is 9.88 Å². The van der Waals surface area contributed by atoms with Gasteiger partial charge in [-0.15, -0.1) is 0 Å². The first kappa shape index (κ1) is 19.9. The first-order valence-corrected chi connectivity index (χ1v) is 11.0. The van der Waals surface area contributed by atoms with Gasteiger partial charge >= 0.3 is 0 Å². The zero-order chi connectivity index (χ0) is 19.6. The molecule has 1 saturated heterocycles. The monoisotopic (exact) mass is 410 g/mol. The number of piperidine rings is 1. The van der Waals surface area contributed by atoms with Crippen molar-refractivity contribution in [3.8, 4) is 11.5 Å². The van der Waals surface area contributed by atoms with Gasteiger partial charge in [0.15, 0.2) is 21.3 Å². The molecular formula is C19H23ClN2O4S. The first-order valence-electron chi connectivity index (χ1n) is 8.72. The molecule has 8 heteroatoms. The number of sulfone groups is 1. The van der Waals surface area contributed by atoms with Gasteiger partial charge < -0.3 is 9.84 Å². The minimum absolute atomic E-state index is 0.00838. The highest BCUT2D eigenvalue weighted by Gasteiger charge is 2.27. The van der Waals surface area contributed by atoms with E-state index in [1.165, 1.54) is 19.4 Å². The average molecular weight is 411 g/mol. The molecule has 1 aromatic carbocycles. The van der Waals surface area contributed by atoms with Crippen LogP contribution < -0.4 is 4.74 Å². The topological polar surface area (TPSA) is 79.7 Å². The van der Waals surface area contributed by atoms with E-state index in [1.54, 1.807) is 24.4 Å². The maximum atomic E-state index is 12.1. The average Bonchev–Trinajstić information content (AvgIpc) is 2.63. The number of methoxy groups -OCH3 is 1. The lowest BCUT2D eigenvalue weighted by atomic mass is 9.94. The lowest BCUT2D eigenvalue weighted by Gasteiger charge is -2.33. The summed E-state index contributed by atoms with van der Waals surface area (Å²) in [4.78, 5) is 6.92. The summed E-state index contributed by atoms with van der Waals surface area (Å²) in [6.07, 6.45) is 4.70. The summed E-state index contributed by atoms with van der Waals surface area (Å²) in [6, 6.07) is 6.50. The highest BCUT2D eigenvalue weighted by atomic mass is 35.5. The van der Waals surface area contributed by atoms with E-state index in [4.69, 9.17) is 16.3 Å². The number of ether oxygens (including phenoxy) is 1. The van der Waals surface area contributed by atoms with E-state index in [9.17, 15) is 13.5 Å². The second-order valence-electron chi connectivity index (χ2n) is 6.85. The van der Waals surface area contributed by atoms with E-state index in [2.05, 4.69) is 9.88 Å². The van der Waals surface area contributed by atoms with E-state index in [0.29, 0.717) is 34.5 Å². The van der Waals surface area contributed by atoms with E-state index >= 15 is 0 Å². The summed E-state index contributed by atoms with van der Waals surface area (Å²) < 4.78 is 29.4. The molecule has 0 spiro atoms. The number of hydrogen-bond acceptors (Lipinski definition) is 6. The zero-order valence-corrected chi connectivity index (χ0v) is 16.9. The summed E-state index contributed by atoms with van der Waals surface area (Å²) in [7, 11) is -1.83. The number of aromatic hydroxyl groups is 1. The standard InChI is InChI=1S/C19H23ClN2O4S/c1-26-17-9-14(15(20)10-16(17)23)12-22-8-4-5-13(11-22)19-18(27(2,24)25)6-3-7-21-19/h3,6-7,9-10,13,23H,4-5,8,11-12H2,1-2H3. The van der Waals surface area contributed by atoms with Crippen LogP contribution >= 0.6 is 11.6 Å². The molecule has 0 bridgehead atoms. The van der Waals surface area contributed by atoms with Gasteiger partial charge in [0.2, 0.25) is 0 Å². The van der Waals surface area contributed by atoms with Crippen LogP contribution in [0.2, 0.25) is 5.02 Å². The Kier molecular flexibility index (Phi) is 5.93. The van der Waals surface area contributed by atoms with E-state index in [0.717, 1.165) is 24.9 Å². The van der Waals surface area contributed by atoms with E-state index in [-0.39, 0.29) is 11.7 Å². The number of phenols is 1. The third kappa shape index (κ3) is 4.54. The lowest BCUT2D eigenvalue weighted by Crippen LogP contribution is -2.34. The largest absolute Gasteiger partial charge is 0.504 e.